The van der Waals surface area contributed by atoms with Crippen LogP contribution in [0.5, 0.6) is 5.75 Å². The molecule has 0 unspecified atom stereocenters. The number of hydrogen-bond acceptors (Lipinski definition) is 3. The Morgan fingerprint density at radius 2 is 2.00 bits per heavy atom. The van der Waals surface area contributed by atoms with Crippen LogP contribution >= 0.6 is 15.9 Å². The molecule has 0 bridgehead atoms. The van der Waals surface area contributed by atoms with Crippen LogP contribution < -0.4 is 4.74 Å². The monoisotopic (exact) mass is 379 g/mol. The van der Waals surface area contributed by atoms with Crippen molar-refractivity contribution in [2.75, 3.05) is 6.54 Å². The summed E-state index contributed by atoms with van der Waals surface area (Å²) in [6, 6.07) is 4.72. The molecule has 0 heterocycles. The molecule has 1 aromatic rings. The molecule has 0 fully saturated rings. The molecule has 1 amide bonds. The van der Waals surface area contributed by atoms with Gasteiger partial charge in [0.2, 0.25) is 0 Å². The highest BCUT2D eigenvalue weighted by Crippen LogP contribution is 2.28. The molecule has 0 spiro atoms. The fraction of sp³-hybridized carbons (Fsp3) is 0.533. The lowest BCUT2D eigenvalue weighted by Crippen LogP contribution is -2.36. The van der Waals surface area contributed by atoms with Gasteiger partial charge >= 0.3 is 12.7 Å². The van der Waals surface area contributed by atoms with E-state index >= 15 is 0 Å². The van der Waals surface area contributed by atoms with E-state index in [9.17, 15) is 13.6 Å². The summed E-state index contributed by atoms with van der Waals surface area (Å²) in [7, 11) is 0. The van der Waals surface area contributed by atoms with Crippen LogP contribution in [-0.4, -0.2) is 29.8 Å². The van der Waals surface area contributed by atoms with Crippen LogP contribution in [-0.2, 0) is 11.3 Å². The number of hydrogen-bond donors (Lipinski definition) is 0. The first kappa shape index (κ1) is 18.7. The third-order valence-electron chi connectivity index (χ3n) is 2.62. The first-order valence-electron chi connectivity index (χ1n) is 6.83. The van der Waals surface area contributed by atoms with Crippen molar-refractivity contribution in [3.05, 3.63) is 28.2 Å². The Kier molecular flexibility index (Phi) is 6.59. The molecule has 0 N–H and O–H groups in total. The van der Waals surface area contributed by atoms with Crippen molar-refractivity contribution in [3.63, 3.8) is 0 Å². The Bertz CT molecular complexity index is 518. The third-order valence-corrected chi connectivity index (χ3v) is 3.24. The van der Waals surface area contributed by atoms with Gasteiger partial charge in [0.05, 0.1) is 4.47 Å². The van der Waals surface area contributed by atoms with Gasteiger partial charge in [-0.05, 0) is 61.3 Å². The van der Waals surface area contributed by atoms with E-state index in [0.717, 1.165) is 5.56 Å². The van der Waals surface area contributed by atoms with Crippen LogP contribution in [0.25, 0.3) is 0 Å². The van der Waals surface area contributed by atoms with Crippen molar-refractivity contribution in [1.29, 1.82) is 0 Å². The van der Waals surface area contributed by atoms with Crippen molar-refractivity contribution >= 4 is 22.0 Å². The summed E-state index contributed by atoms with van der Waals surface area (Å²) in [6.45, 7) is 5.15. The van der Waals surface area contributed by atoms with Gasteiger partial charge in [-0.25, -0.2) is 4.79 Å². The molecule has 7 heteroatoms. The number of nitrogens with zero attached hydrogens (tertiary/aromatic N) is 1. The van der Waals surface area contributed by atoms with E-state index < -0.39 is 18.3 Å². The number of amides is 1. The van der Waals surface area contributed by atoms with Crippen LogP contribution in [0.3, 0.4) is 0 Å². The molecule has 0 aliphatic carbocycles. The SMILES string of the molecule is CCN(Cc1ccc(OC(F)F)c(Br)c1)C(=O)OC(C)(C)C. The van der Waals surface area contributed by atoms with Gasteiger partial charge in [0, 0.05) is 13.1 Å². The minimum Gasteiger partial charge on any atom is -0.444 e. The number of rotatable bonds is 5. The largest absolute Gasteiger partial charge is 0.444 e. The molecular formula is C15H20BrF2NO3. The maximum absolute atomic E-state index is 12.2. The highest BCUT2D eigenvalue weighted by molar-refractivity contribution is 9.10. The van der Waals surface area contributed by atoms with Gasteiger partial charge in [0.1, 0.15) is 11.4 Å². The summed E-state index contributed by atoms with van der Waals surface area (Å²) < 4.78 is 34.5. The van der Waals surface area contributed by atoms with Crippen LogP contribution in [0.15, 0.2) is 22.7 Å². The first-order chi connectivity index (χ1) is 10.1. The molecule has 1 aromatic carbocycles. The smallest absolute Gasteiger partial charge is 0.410 e. The minimum absolute atomic E-state index is 0.0547. The zero-order valence-corrected chi connectivity index (χ0v) is 14.6. The van der Waals surface area contributed by atoms with Crippen molar-refractivity contribution in [2.24, 2.45) is 0 Å². The molecule has 0 aliphatic rings. The molecule has 0 saturated carbocycles. The molecule has 4 nitrogen and oxygen atoms in total. The Balaban J connectivity index is 2.79. The molecule has 0 aliphatic heterocycles. The zero-order chi connectivity index (χ0) is 16.9. The van der Waals surface area contributed by atoms with Crippen LogP contribution in [0.4, 0.5) is 13.6 Å². The predicted molar refractivity (Wildman–Crippen MR) is 83.1 cm³/mol. The molecule has 1 rings (SSSR count). The maximum atomic E-state index is 12.2. The summed E-state index contributed by atoms with van der Waals surface area (Å²) in [5.74, 6) is 0.0547. The average molecular weight is 380 g/mol. The molecule has 0 radical (unpaired) electrons. The second-order valence-electron chi connectivity index (χ2n) is 5.64. The standard InChI is InChI=1S/C15H20BrF2NO3/c1-5-19(14(20)22-15(2,3)4)9-10-6-7-12(11(16)8-10)21-13(17)18/h6-8,13H,5,9H2,1-4H3. The van der Waals surface area contributed by atoms with Crippen molar-refractivity contribution in [1.82, 2.24) is 4.90 Å². The Morgan fingerprint density at radius 3 is 2.45 bits per heavy atom. The minimum atomic E-state index is -2.88. The number of alkyl halides is 2. The Labute approximate surface area is 137 Å². The molecule has 124 valence electrons. The topological polar surface area (TPSA) is 38.8 Å². The summed E-state index contributed by atoms with van der Waals surface area (Å²) in [5, 5.41) is 0. The van der Waals surface area contributed by atoms with Gasteiger partial charge in [-0.1, -0.05) is 6.07 Å². The molecule has 0 aromatic heterocycles. The van der Waals surface area contributed by atoms with Crippen LogP contribution in [0.1, 0.15) is 33.3 Å². The molecular weight excluding hydrogens is 360 g/mol. The van der Waals surface area contributed by atoms with Gasteiger partial charge < -0.3 is 14.4 Å². The van der Waals surface area contributed by atoms with E-state index in [4.69, 9.17) is 4.74 Å². The Morgan fingerprint density at radius 1 is 1.36 bits per heavy atom. The number of benzene rings is 1. The second-order valence-corrected chi connectivity index (χ2v) is 6.49. The fourth-order valence-corrected chi connectivity index (χ4v) is 2.21. The first-order valence-corrected chi connectivity index (χ1v) is 7.63. The molecule has 0 saturated heterocycles. The van der Waals surface area contributed by atoms with Gasteiger partial charge in [-0.15, -0.1) is 0 Å². The van der Waals surface area contributed by atoms with Gasteiger partial charge in [0.15, 0.2) is 0 Å². The second kappa shape index (κ2) is 7.76. The summed E-state index contributed by atoms with van der Waals surface area (Å²) in [6.07, 6.45) is -0.418. The summed E-state index contributed by atoms with van der Waals surface area (Å²) >= 11 is 3.18. The van der Waals surface area contributed by atoms with Crippen molar-refractivity contribution in [3.8, 4) is 5.75 Å². The van der Waals surface area contributed by atoms with Crippen molar-refractivity contribution in [2.45, 2.75) is 46.5 Å². The van der Waals surface area contributed by atoms with Crippen LogP contribution in [0, 0.1) is 0 Å². The lowest BCUT2D eigenvalue weighted by Gasteiger charge is -2.26. The highest BCUT2D eigenvalue weighted by atomic mass is 79.9. The lowest BCUT2D eigenvalue weighted by atomic mass is 10.2. The van der Waals surface area contributed by atoms with E-state index in [1.165, 1.54) is 11.0 Å². The summed E-state index contributed by atoms with van der Waals surface area (Å²) in [5.41, 5.74) is 0.209. The van der Waals surface area contributed by atoms with E-state index in [-0.39, 0.29) is 5.75 Å². The Hall–Kier alpha value is -1.37. The zero-order valence-electron chi connectivity index (χ0n) is 13.0. The number of carbonyl (C=O) groups excluding carboxylic acids is 1. The van der Waals surface area contributed by atoms with E-state index in [1.54, 1.807) is 32.9 Å². The molecule has 0 atom stereocenters. The third kappa shape index (κ3) is 6.17. The van der Waals surface area contributed by atoms with Gasteiger partial charge in [-0.3, -0.25) is 0 Å². The maximum Gasteiger partial charge on any atom is 0.410 e. The normalized spacial score (nSPS) is 11.5. The van der Waals surface area contributed by atoms with Gasteiger partial charge in [0.25, 0.3) is 0 Å². The lowest BCUT2D eigenvalue weighted by molar-refractivity contribution is -0.0503. The van der Waals surface area contributed by atoms with E-state index in [1.807, 2.05) is 6.92 Å². The van der Waals surface area contributed by atoms with E-state index in [0.29, 0.717) is 17.6 Å². The van der Waals surface area contributed by atoms with Crippen molar-refractivity contribution < 1.29 is 23.0 Å². The summed E-state index contributed by atoms with van der Waals surface area (Å²) in [4.78, 5) is 13.6. The predicted octanol–water partition coefficient (Wildman–Crippen LogP) is 4.81. The van der Waals surface area contributed by atoms with Crippen LogP contribution in [0.2, 0.25) is 0 Å². The number of ether oxygens (including phenoxy) is 2. The fourth-order valence-electron chi connectivity index (χ4n) is 1.69. The van der Waals surface area contributed by atoms with E-state index in [2.05, 4.69) is 20.7 Å². The quantitative estimate of drug-likeness (QED) is 0.736. The average Bonchev–Trinajstić information content (AvgIpc) is 2.36. The highest BCUT2D eigenvalue weighted by Gasteiger charge is 2.21. The molecule has 22 heavy (non-hydrogen) atoms. The van der Waals surface area contributed by atoms with Gasteiger partial charge in [-0.2, -0.15) is 8.78 Å². The number of carbonyl (C=O) groups is 1. The number of halogens is 3.